The number of anilines is 1. The van der Waals surface area contributed by atoms with Crippen LogP contribution in [0.2, 0.25) is 0 Å². The largest absolute Gasteiger partial charge is 0.452 e. The van der Waals surface area contributed by atoms with Crippen molar-refractivity contribution in [3.05, 3.63) is 64.2 Å². The van der Waals surface area contributed by atoms with Crippen LogP contribution in [0.5, 0.6) is 0 Å². The summed E-state index contributed by atoms with van der Waals surface area (Å²) < 4.78 is 23.8. The van der Waals surface area contributed by atoms with Crippen molar-refractivity contribution in [2.45, 2.75) is 6.61 Å². The summed E-state index contributed by atoms with van der Waals surface area (Å²) in [7, 11) is 0. The van der Waals surface area contributed by atoms with Crippen molar-refractivity contribution in [2.24, 2.45) is 0 Å². The first-order valence-electron chi connectivity index (χ1n) is 6.83. The number of nitrogen functional groups attached to an aromatic ring is 1. The van der Waals surface area contributed by atoms with E-state index in [0.717, 1.165) is 0 Å². The van der Waals surface area contributed by atoms with Gasteiger partial charge < -0.3 is 15.0 Å². The Morgan fingerprint density at radius 2 is 2.00 bits per heavy atom. The molecule has 0 aliphatic carbocycles. The third-order valence-corrected chi connectivity index (χ3v) is 3.63. The van der Waals surface area contributed by atoms with Crippen molar-refractivity contribution < 1.29 is 18.4 Å². The monoisotopic (exact) mass is 391 g/mol. The lowest BCUT2D eigenvalue weighted by atomic mass is 10.2. The number of halogens is 2. The van der Waals surface area contributed by atoms with Crippen molar-refractivity contribution in [2.75, 3.05) is 5.73 Å². The molecule has 122 valence electrons. The highest BCUT2D eigenvalue weighted by molar-refractivity contribution is 9.10. The standard InChI is InChI=1S/C16H11BrFN3O3/c17-10-3-6-13(19)12(7-10)16(22)23-8-14-20-15(21-24-14)9-1-4-11(18)5-2-9/h1-7H,8,19H2. The summed E-state index contributed by atoms with van der Waals surface area (Å²) in [6.45, 7) is -0.195. The molecule has 0 spiro atoms. The molecule has 2 aromatic carbocycles. The number of carbonyl (C=O) groups is 1. The third-order valence-electron chi connectivity index (χ3n) is 3.13. The minimum atomic E-state index is -0.602. The molecule has 1 heterocycles. The number of esters is 1. The van der Waals surface area contributed by atoms with E-state index in [-0.39, 0.29) is 29.7 Å². The summed E-state index contributed by atoms with van der Waals surface area (Å²) in [5.74, 6) is -0.558. The topological polar surface area (TPSA) is 91.2 Å². The maximum absolute atomic E-state index is 12.9. The fraction of sp³-hybridized carbons (Fsp3) is 0.0625. The molecule has 0 aliphatic heterocycles. The van der Waals surface area contributed by atoms with Gasteiger partial charge in [0.25, 0.3) is 5.89 Å². The summed E-state index contributed by atoms with van der Waals surface area (Å²) in [5, 5.41) is 3.77. The Hall–Kier alpha value is -2.74. The zero-order chi connectivity index (χ0) is 17.1. The first kappa shape index (κ1) is 16.1. The van der Waals surface area contributed by atoms with E-state index in [4.69, 9.17) is 15.0 Å². The fourth-order valence-corrected chi connectivity index (χ4v) is 2.30. The van der Waals surface area contributed by atoms with E-state index < -0.39 is 5.97 Å². The number of carbonyl (C=O) groups excluding carboxylic acids is 1. The Morgan fingerprint density at radius 1 is 1.25 bits per heavy atom. The number of benzene rings is 2. The Balaban J connectivity index is 1.68. The highest BCUT2D eigenvalue weighted by Gasteiger charge is 2.15. The van der Waals surface area contributed by atoms with Crippen LogP contribution in [-0.2, 0) is 11.3 Å². The smallest absolute Gasteiger partial charge is 0.340 e. The molecule has 0 atom stereocenters. The molecule has 24 heavy (non-hydrogen) atoms. The Labute approximate surface area is 144 Å². The second-order valence-electron chi connectivity index (χ2n) is 4.83. The van der Waals surface area contributed by atoms with Gasteiger partial charge in [-0.3, -0.25) is 0 Å². The third kappa shape index (κ3) is 3.60. The maximum Gasteiger partial charge on any atom is 0.340 e. The van der Waals surface area contributed by atoms with E-state index in [1.807, 2.05) is 0 Å². The summed E-state index contributed by atoms with van der Waals surface area (Å²) in [6.07, 6.45) is 0. The van der Waals surface area contributed by atoms with Crippen molar-refractivity contribution in [1.82, 2.24) is 10.1 Å². The van der Waals surface area contributed by atoms with E-state index in [9.17, 15) is 9.18 Å². The molecular formula is C16H11BrFN3O3. The predicted molar refractivity (Wildman–Crippen MR) is 87.4 cm³/mol. The van der Waals surface area contributed by atoms with Crippen LogP contribution in [-0.4, -0.2) is 16.1 Å². The molecule has 3 rings (SSSR count). The van der Waals surface area contributed by atoms with Crippen LogP contribution < -0.4 is 5.73 Å². The Kier molecular flexibility index (Phi) is 4.57. The number of hydrogen-bond acceptors (Lipinski definition) is 6. The van der Waals surface area contributed by atoms with Gasteiger partial charge in [-0.05, 0) is 42.5 Å². The molecule has 8 heteroatoms. The first-order chi connectivity index (χ1) is 11.5. The van der Waals surface area contributed by atoms with Crippen LogP contribution in [0.4, 0.5) is 10.1 Å². The van der Waals surface area contributed by atoms with E-state index >= 15 is 0 Å². The molecule has 0 amide bonds. The average molecular weight is 392 g/mol. The highest BCUT2D eigenvalue weighted by Crippen LogP contribution is 2.20. The fourth-order valence-electron chi connectivity index (χ4n) is 1.94. The van der Waals surface area contributed by atoms with Crippen LogP contribution in [0.25, 0.3) is 11.4 Å². The molecule has 0 saturated heterocycles. The minimum absolute atomic E-state index is 0.122. The molecule has 3 aromatic rings. The Morgan fingerprint density at radius 3 is 2.75 bits per heavy atom. The normalized spacial score (nSPS) is 10.6. The van der Waals surface area contributed by atoms with E-state index in [1.54, 1.807) is 18.2 Å². The molecule has 0 fully saturated rings. The number of nitrogens with zero attached hydrogens (tertiary/aromatic N) is 2. The van der Waals surface area contributed by atoms with Crippen LogP contribution >= 0.6 is 15.9 Å². The summed E-state index contributed by atoms with van der Waals surface area (Å²) in [4.78, 5) is 16.1. The molecule has 0 saturated carbocycles. The second-order valence-corrected chi connectivity index (χ2v) is 5.74. The van der Waals surface area contributed by atoms with Crippen LogP contribution in [0.15, 0.2) is 51.5 Å². The van der Waals surface area contributed by atoms with Crippen LogP contribution in [0, 0.1) is 5.82 Å². The van der Waals surface area contributed by atoms with Crippen LogP contribution in [0.1, 0.15) is 16.2 Å². The van der Waals surface area contributed by atoms with Crippen molar-refractivity contribution >= 4 is 27.6 Å². The van der Waals surface area contributed by atoms with E-state index in [0.29, 0.717) is 15.7 Å². The lowest BCUT2D eigenvalue weighted by Crippen LogP contribution is -2.08. The van der Waals surface area contributed by atoms with Gasteiger partial charge in [-0.25, -0.2) is 9.18 Å². The Bertz CT molecular complexity index is 881. The number of ether oxygens (including phenoxy) is 1. The van der Waals surface area contributed by atoms with Gasteiger partial charge in [-0.1, -0.05) is 21.1 Å². The number of aromatic nitrogens is 2. The molecular weight excluding hydrogens is 381 g/mol. The highest BCUT2D eigenvalue weighted by atomic mass is 79.9. The van der Waals surface area contributed by atoms with Gasteiger partial charge in [0.15, 0.2) is 6.61 Å². The molecule has 1 aromatic heterocycles. The number of rotatable bonds is 4. The second kappa shape index (κ2) is 6.79. The zero-order valence-corrected chi connectivity index (χ0v) is 13.8. The predicted octanol–water partition coefficient (Wildman–Crippen LogP) is 3.58. The summed E-state index contributed by atoms with van der Waals surface area (Å²) >= 11 is 3.26. The maximum atomic E-state index is 12.9. The van der Waals surface area contributed by atoms with Gasteiger partial charge >= 0.3 is 5.97 Å². The number of hydrogen-bond donors (Lipinski definition) is 1. The van der Waals surface area contributed by atoms with Gasteiger partial charge in [0.05, 0.1) is 5.56 Å². The molecule has 0 aliphatic rings. The van der Waals surface area contributed by atoms with Crippen molar-refractivity contribution in [3.63, 3.8) is 0 Å². The molecule has 6 nitrogen and oxygen atoms in total. The van der Waals surface area contributed by atoms with Crippen LogP contribution in [0.3, 0.4) is 0 Å². The number of nitrogens with two attached hydrogens (primary N) is 1. The quantitative estimate of drug-likeness (QED) is 0.539. The lowest BCUT2D eigenvalue weighted by molar-refractivity contribution is 0.0431. The van der Waals surface area contributed by atoms with Gasteiger partial charge in [0.1, 0.15) is 5.82 Å². The molecule has 0 radical (unpaired) electrons. The van der Waals surface area contributed by atoms with Gasteiger partial charge in [-0.15, -0.1) is 0 Å². The SMILES string of the molecule is Nc1ccc(Br)cc1C(=O)OCc1nc(-c2ccc(F)cc2)no1. The van der Waals surface area contributed by atoms with Gasteiger partial charge in [0, 0.05) is 15.7 Å². The summed E-state index contributed by atoms with van der Waals surface area (Å²) in [5.41, 5.74) is 6.88. The zero-order valence-electron chi connectivity index (χ0n) is 12.2. The minimum Gasteiger partial charge on any atom is -0.452 e. The van der Waals surface area contributed by atoms with Gasteiger partial charge in [-0.2, -0.15) is 4.98 Å². The molecule has 2 N–H and O–H groups in total. The van der Waals surface area contributed by atoms with Gasteiger partial charge in [0.2, 0.25) is 5.82 Å². The van der Waals surface area contributed by atoms with Crippen molar-refractivity contribution in [1.29, 1.82) is 0 Å². The first-order valence-corrected chi connectivity index (χ1v) is 7.63. The van der Waals surface area contributed by atoms with Crippen molar-refractivity contribution in [3.8, 4) is 11.4 Å². The lowest BCUT2D eigenvalue weighted by Gasteiger charge is -2.05. The molecule has 0 unspecified atom stereocenters. The average Bonchev–Trinajstić information content (AvgIpc) is 3.04. The van der Waals surface area contributed by atoms with E-state index in [1.165, 1.54) is 24.3 Å². The van der Waals surface area contributed by atoms with E-state index in [2.05, 4.69) is 26.1 Å². The summed E-state index contributed by atoms with van der Waals surface area (Å²) in [6, 6.07) is 10.5. The molecule has 0 bridgehead atoms.